The second-order valence-electron chi connectivity index (χ2n) is 2.00. The first-order chi connectivity index (χ1) is 5.83. The Morgan fingerprint density at radius 2 is 2.08 bits per heavy atom. The second kappa shape index (κ2) is 4.93. The fourth-order valence-corrected chi connectivity index (χ4v) is 0.978. The van der Waals surface area contributed by atoms with Crippen molar-refractivity contribution >= 4 is 19.6 Å². The normalized spacial score (nSPS) is 14.6. The third kappa shape index (κ3) is 7.41. The van der Waals surface area contributed by atoms with Gasteiger partial charge in [0.2, 0.25) is 5.91 Å². The fraction of sp³-hybridized carbons (Fsp3) is 0.500. The van der Waals surface area contributed by atoms with Crippen LogP contribution in [-0.4, -0.2) is 28.4 Å². The maximum absolute atomic E-state index is 10.8. The summed E-state index contributed by atoms with van der Waals surface area (Å²) in [4.78, 5) is 28.9. The van der Waals surface area contributed by atoms with Gasteiger partial charge in [-0.1, -0.05) is 0 Å². The van der Waals surface area contributed by atoms with Crippen molar-refractivity contribution in [2.45, 2.75) is 6.92 Å². The Morgan fingerprint density at radius 3 is 2.46 bits per heavy atom. The van der Waals surface area contributed by atoms with Gasteiger partial charge in [0.15, 0.2) is 0 Å². The van der Waals surface area contributed by atoms with Gasteiger partial charge in [-0.25, -0.2) is 15.1 Å². The van der Waals surface area contributed by atoms with Gasteiger partial charge in [0, 0.05) is 6.92 Å². The first-order valence-electron chi connectivity index (χ1n) is 3.08. The highest BCUT2D eigenvalue weighted by atomic mass is 31.2. The number of carbonyl (C=O) groups excluding carboxylic acids is 1. The number of aliphatic carboxylic acids is 1. The summed E-state index contributed by atoms with van der Waals surface area (Å²) >= 11 is 0. The smallest absolute Gasteiger partial charge is 0.424 e. The molecular formula is C4H9N2O6P. The SMILES string of the molecule is CC(=O)NOP(=O)(O)NCC(=O)O. The highest BCUT2D eigenvalue weighted by molar-refractivity contribution is 7.50. The zero-order valence-electron chi connectivity index (χ0n) is 6.68. The number of rotatable bonds is 5. The number of carboxylic acid groups (broad SMARTS) is 1. The molecule has 4 N–H and O–H groups in total. The minimum absolute atomic E-state index is 0.675. The first-order valence-corrected chi connectivity index (χ1v) is 4.66. The number of hydrogen-bond acceptors (Lipinski definition) is 4. The van der Waals surface area contributed by atoms with Crippen LogP contribution in [0.25, 0.3) is 0 Å². The largest absolute Gasteiger partial charge is 0.480 e. The van der Waals surface area contributed by atoms with Gasteiger partial charge in [0.1, 0.15) is 6.54 Å². The molecular weight excluding hydrogens is 203 g/mol. The van der Waals surface area contributed by atoms with Crippen molar-refractivity contribution in [2.24, 2.45) is 0 Å². The van der Waals surface area contributed by atoms with Gasteiger partial charge in [-0.3, -0.25) is 9.59 Å². The lowest BCUT2D eigenvalue weighted by molar-refractivity contribution is -0.135. The van der Waals surface area contributed by atoms with Gasteiger partial charge >= 0.3 is 13.7 Å². The number of nitrogens with one attached hydrogen (secondary N) is 2. The quantitative estimate of drug-likeness (QED) is 0.334. The summed E-state index contributed by atoms with van der Waals surface area (Å²) in [6, 6.07) is 0. The number of carbonyl (C=O) groups is 2. The molecule has 0 aromatic heterocycles. The van der Waals surface area contributed by atoms with Crippen molar-refractivity contribution in [3.05, 3.63) is 0 Å². The molecule has 0 radical (unpaired) electrons. The predicted octanol–water partition coefficient (Wildman–Crippen LogP) is -1.17. The molecule has 1 unspecified atom stereocenters. The van der Waals surface area contributed by atoms with E-state index in [0.29, 0.717) is 0 Å². The molecule has 9 heteroatoms. The number of hydroxylamine groups is 1. The van der Waals surface area contributed by atoms with E-state index >= 15 is 0 Å². The molecule has 0 rings (SSSR count). The van der Waals surface area contributed by atoms with Gasteiger partial charge < -0.3 is 10.00 Å². The van der Waals surface area contributed by atoms with Crippen LogP contribution >= 0.6 is 7.75 Å². The molecule has 1 amide bonds. The van der Waals surface area contributed by atoms with Crippen LogP contribution in [0.5, 0.6) is 0 Å². The summed E-state index contributed by atoms with van der Waals surface area (Å²) in [5.74, 6) is -1.99. The molecule has 13 heavy (non-hydrogen) atoms. The summed E-state index contributed by atoms with van der Waals surface area (Å²) in [7, 11) is -4.26. The molecule has 0 aliphatic heterocycles. The Morgan fingerprint density at radius 1 is 1.54 bits per heavy atom. The molecule has 0 aromatic carbocycles. The number of amides is 1. The standard InChI is InChI=1S/C4H9N2O6P/c1-3(7)6-12-13(10,11)5-2-4(8)9/h2H2,1H3,(H,6,7)(H,8,9)(H2,5,10,11). The van der Waals surface area contributed by atoms with Crippen molar-refractivity contribution in [3.8, 4) is 0 Å². The van der Waals surface area contributed by atoms with E-state index in [0.717, 1.165) is 6.92 Å². The Bertz CT molecular complexity index is 231. The van der Waals surface area contributed by atoms with Gasteiger partial charge in [-0.2, -0.15) is 4.62 Å². The Kier molecular flexibility index (Phi) is 4.57. The average molecular weight is 212 g/mol. The van der Waals surface area contributed by atoms with Crippen LogP contribution in [0.4, 0.5) is 0 Å². The summed E-state index contributed by atoms with van der Waals surface area (Å²) < 4.78 is 14.7. The molecule has 0 heterocycles. The fourth-order valence-electron chi connectivity index (χ4n) is 0.326. The maximum Gasteiger partial charge on any atom is 0.424 e. The van der Waals surface area contributed by atoms with E-state index < -0.39 is 26.2 Å². The molecule has 0 aromatic rings. The molecule has 76 valence electrons. The molecule has 0 spiro atoms. The topological polar surface area (TPSA) is 125 Å². The Hall–Kier alpha value is -0.950. The molecule has 0 saturated carbocycles. The lowest BCUT2D eigenvalue weighted by atomic mass is 10.7. The third-order valence-corrected chi connectivity index (χ3v) is 1.64. The van der Waals surface area contributed by atoms with Crippen LogP contribution in [0.1, 0.15) is 6.92 Å². The van der Waals surface area contributed by atoms with Crippen LogP contribution in [0.15, 0.2) is 0 Å². The summed E-state index contributed by atoms with van der Waals surface area (Å²) in [6.45, 7) is 0.324. The third-order valence-electron chi connectivity index (χ3n) is 0.743. The molecule has 1 atom stereocenters. The second-order valence-corrected chi connectivity index (χ2v) is 3.54. The van der Waals surface area contributed by atoms with E-state index in [4.69, 9.17) is 10.00 Å². The van der Waals surface area contributed by atoms with E-state index in [1.807, 2.05) is 0 Å². The van der Waals surface area contributed by atoms with Crippen LogP contribution < -0.4 is 10.6 Å². The van der Waals surface area contributed by atoms with Crippen molar-refractivity contribution in [1.82, 2.24) is 10.6 Å². The van der Waals surface area contributed by atoms with E-state index in [9.17, 15) is 14.2 Å². The van der Waals surface area contributed by atoms with Crippen molar-refractivity contribution in [1.29, 1.82) is 0 Å². The van der Waals surface area contributed by atoms with Gasteiger partial charge in [-0.05, 0) is 0 Å². The van der Waals surface area contributed by atoms with Crippen LogP contribution in [0.2, 0.25) is 0 Å². The zero-order valence-corrected chi connectivity index (χ0v) is 7.58. The predicted molar refractivity (Wildman–Crippen MR) is 40.4 cm³/mol. The van der Waals surface area contributed by atoms with Crippen molar-refractivity contribution in [2.75, 3.05) is 6.54 Å². The molecule has 0 aliphatic rings. The number of hydrogen-bond donors (Lipinski definition) is 4. The first kappa shape index (κ1) is 12.0. The number of carboxylic acids is 1. The van der Waals surface area contributed by atoms with Crippen LogP contribution in [0.3, 0.4) is 0 Å². The Labute approximate surface area is 73.4 Å². The van der Waals surface area contributed by atoms with E-state index in [2.05, 4.69) is 4.62 Å². The minimum atomic E-state index is -4.26. The monoisotopic (exact) mass is 212 g/mol. The van der Waals surface area contributed by atoms with Crippen molar-refractivity contribution < 1.29 is 28.8 Å². The van der Waals surface area contributed by atoms with Crippen LogP contribution in [-0.2, 0) is 18.8 Å². The van der Waals surface area contributed by atoms with Gasteiger partial charge in [0.05, 0.1) is 0 Å². The van der Waals surface area contributed by atoms with Crippen LogP contribution in [0, 0.1) is 0 Å². The average Bonchev–Trinajstić information content (AvgIpc) is 1.98. The lowest BCUT2D eigenvalue weighted by Gasteiger charge is -2.10. The van der Waals surface area contributed by atoms with Gasteiger partial charge in [-0.15, -0.1) is 0 Å². The summed E-state index contributed by atoms with van der Waals surface area (Å²) in [5, 5.41) is 9.81. The highest BCUT2D eigenvalue weighted by Crippen LogP contribution is 2.34. The zero-order chi connectivity index (χ0) is 10.5. The van der Waals surface area contributed by atoms with E-state index in [1.54, 1.807) is 10.6 Å². The summed E-state index contributed by atoms with van der Waals surface area (Å²) in [6.07, 6.45) is 0. The molecule has 0 saturated heterocycles. The maximum atomic E-state index is 10.8. The molecule has 0 bridgehead atoms. The Balaban J connectivity index is 3.87. The highest BCUT2D eigenvalue weighted by Gasteiger charge is 2.20. The van der Waals surface area contributed by atoms with E-state index in [1.165, 1.54) is 0 Å². The molecule has 0 aliphatic carbocycles. The lowest BCUT2D eigenvalue weighted by Crippen LogP contribution is -2.26. The van der Waals surface area contributed by atoms with E-state index in [-0.39, 0.29) is 0 Å². The molecule has 0 fully saturated rings. The van der Waals surface area contributed by atoms with Gasteiger partial charge in [0.25, 0.3) is 0 Å². The van der Waals surface area contributed by atoms with Crippen molar-refractivity contribution in [3.63, 3.8) is 0 Å². The minimum Gasteiger partial charge on any atom is -0.480 e. The molecule has 8 nitrogen and oxygen atoms in total. The summed E-state index contributed by atoms with van der Waals surface area (Å²) in [5.41, 5.74) is 1.60.